The van der Waals surface area contributed by atoms with Crippen LogP contribution in [0.3, 0.4) is 0 Å². The molecule has 2 unspecified atom stereocenters. The molecule has 3 rings (SSSR count). The van der Waals surface area contributed by atoms with E-state index in [4.69, 9.17) is 10.1 Å². The lowest BCUT2D eigenvalue weighted by molar-refractivity contribution is -0.141. The van der Waals surface area contributed by atoms with Crippen LogP contribution in [0.5, 0.6) is 0 Å². The van der Waals surface area contributed by atoms with Crippen molar-refractivity contribution in [2.75, 3.05) is 26.2 Å². The second kappa shape index (κ2) is 8.32. The number of hydrogen-bond donors (Lipinski definition) is 2. The first-order valence-electron chi connectivity index (χ1n) is 9.79. The summed E-state index contributed by atoms with van der Waals surface area (Å²) in [5.41, 5.74) is 2.35. The van der Waals surface area contributed by atoms with Crippen LogP contribution in [0, 0.1) is 12.8 Å². The Morgan fingerprint density at radius 1 is 1.32 bits per heavy atom. The van der Waals surface area contributed by atoms with Crippen molar-refractivity contribution in [2.24, 2.45) is 5.92 Å². The van der Waals surface area contributed by atoms with Crippen molar-refractivity contribution in [2.45, 2.75) is 65.0 Å². The first-order chi connectivity index (χ1) is 12.1. The van der Waals surface area contributed by atoms with Crippen LogP contribution in [0.1, 0.15) is 56.2 Å². The van der Waals surface area contributed by atoms with Crippen LogP contribution < -0.4 is 0 Å². The summed E-state index contributed by atoms with van der Waals surface area (Å²) in [6, 6.07) is 0.391. The molecule has 25 heavy (non-hydrogen) atoms. The topological polar surface area (TPSA) is 72.5 Å². The molecule has 2 aliphatic rings. The molecule has 0 aliphatic carbocycles. The number of carbonyl (C=O) groups is 1. The molecule has 140 valence electrons. The van der Waals surface area contributed by atoms with Gasteiger partial charge >= 0.3 is 0 Å². The number of aromatic nitrogens is 2. The zero-order valence-corrected chi connectivity index (χ0v) is 15.6. The second-order valence-electron chi connectivity index (χ2n) is 7.52. The van der Waals surface area contributed by atoms with Crippen LogP contribution in [-0.2, 0) is 17.8 Å². The number of nitrogens with one attached hydrogen (secondary N) is 1. The summed E-state index contributed by atoms with van der Waals surface area (Å²) in [4.78, 5) is 25.0. The molecule has 0 spiro atoms. The summed E-state index contributed by atoms with van der Waals surface area (Å²) in [6.45, 7) is 8.24. The first kappa shape index (κ1) is 18.4. The van der Waals surface area contributed by atoms with Gasteiger partial charge in [-0.2, -0.15) is 0 Å². The Hall–Kier alpha value is -1.40. The number of amides is 1. The molecule has 1 aromatic heterocycles. The average Bonchev–Trinajstić information content (AvgIpc) is 2.97. The van der Waals surface area contributed by atoms with Gasteiger partial charge in [0, 0.05) is 57.4 Å². The Kier molecular flexibility index (Phi) is 6.12. The molecular weight excluding hydrogens is 316 g/mol. The SMILES string of the molecule is CCc1nc(CN2CCC3C(CCC(=O)N3CCCCO)C2)c(C)[nH]1. The predicted octanol–water partition coefficient (Wildman–Crippen LogP) is 1.87. The molecule has 3 heterocycles. The molecule has 2 N–H and O–H groups in total. The fourth-order valence-corrected chi connectivity index (χ4v) is 4.35. The fourth-order valence-electron chi connectivity index (χ4n) is 4.35. The smallest absolute Gasteiger partial charge is 0.222 e. The molecule has 2 saturated heterocycles. The Morgan fingerprint density at radius 3 is 2.88 bits per heavy atom. The highest BCUT2D eigenvalue weighted by molar-refractivity contribution is 5.77. The van der Waals surface area contributed by atoms with E-state index in [2.05, 4.69) is 28.6 Å². The van der Waals surface area contributed by atoms with E-state index in [1.165, 1.54) is 11.4 Å². The maximum absolute atomic E-state index is 12.3. The van der Waals surface area contributed by atoms with Crippen molar-refractivity contribution in [1.29, 1.82) is 0 Å². The molecule has 1 amide bonds. The van der Waals surface area contributed by atoms with Gasteiger partial charge in [0.15, 0.2) is 0 Å². The number of carbonyl (C=O) groups excluding carboxylic acids is 1. The second-order valence-corrected chi connectivity index (χ2v) is 7.52. The first-order valence-corrected chi connectivity index (χ1v) is 9.79. The molecule has 0 bridgehead atoms. The van der Waals surface area contributed by atoms with E-state index < -0.39 is 0 Å². The maximum Gasteiger partial charge on any atom is 0.222 e. The van der Waals surface area contributed by atoms with E-state index in [1.807, 2.05) is 0 Å². The highest BCUT2D eigenvalue weighted by atomic mass is 16.3. The van der Waals surface area contributed by atoms with E-state index in [9.17, 15) is 4.79 Å². The van der Waals surface area contributed by atoms with E-state index in [0.29, 0.717) is 24.3 Å². The number of H-pyrrole nitrogens is 1. The highest BCUT2D eigenvalue weighted by Crippen LogP contribution is 2.32. The zero-order chi connectivity index (χ0) is 17.8. The summed E-state index contributed by atoms with van der Waals surface area (Å²) in [5.74, 6) is 1.95. The fraction of sp³-hybridized carbons (Fsp3) is 0.789. The van der Waals surface area contributed by atoms with E-state index in [0.717, 1.165) is 64.1 Å². The number of piperidine rings is 2. The Balaban J connectivity index is 1.59. The van der Waals surface area contributed by atoms with Gasteiger partial charge in [0.25, 0.3) is 0 Å². The molecule has 2 fully saturated rings. The normalized spacial score (nSPS) is 24.6. The number of likely N-dealkylation sites (tertiary alicyclic amines) is 2. The van der Waals surface area contributed by atoms with Gasteiger partial charge in [-0.05, 0) is 38.5 Å². The Bertz CT molecular complexity index is 586. The van der Waals surface area contributed by atoms with Gasteiger partial charge in [0.2, 0.25) is 5.91 Å². The quantitative estimate of drug-likeness (QED) is 0.738. The van der Waals surface area contributed by atoms with Crippen molar-refractivity contribution in [3.05, 3.63) is 17.2 Å². The van der Waals surface area contributed by atoms with Gasteiger partial charge in [-0.25, -0.2) is 4.98 Å². The average molecular weight is 348 g/mol. The number of rotatable bonds is 7. The van der Waals surface area contributed by atoms with Crippen molar-refractivity contribution in [3.63, 3.8) is 0 Å². The number of aliphatic hydroxyl groups is 1. The van der Waals surface area contributed by atoms with Gasteiger partial charge in [-0.15, -0.1) is 0 Å². The lowest BCUT2D eigenvalue weighted by Crippen LogP contribution is -2.56. The third-order valence-corrected chi connectivity index (χ3v) is 5.78. The largest absolute Gasteiger partial charge is 0.396 e. The van der Waals surface area contributed by atoms with E-state index >= 15 is 0 Å². The minimum Gasteiger partial charge on any atom is -0.396 e. The van der Waals surface area contributed by atoms with Crippen LogP contribution in [0.2, 0.25) is 0 Å². The molecule has 6 heteroatoms. The molecule has 2 aliphatic heterocycles. The van der Waals surface area contributed by atoms with Crippen LogP contribution in [0.15, 0.2) is 0 Å². The zero-order valence-electron chi connectivity index (χ0n) is 15.6. The van der Waals surface area contributed by atoms with Gasteiger partial charge in [-0.3, -0.25) is 9.69 Å². The number of unbranched alkanes of at least 4 members (excludes halogenated alkanes) is 1. The predicted molar refractivity (Wildman–Crippen MR) is 97.1 cm³/mol. The van der Waals surface area contributed by atoms with Crippen LogP contribution in [-0.4, -0.2) is 63.1 Å². The Labute approximate surface area is 150 Å². The number of fused-ring (bicyclic) bond motifs is 1. The molecular formula is C19H32N4O2. The number of imidazole rings is 1. The van der Waals surface area contributed by atoms with Gasteiger partial charge in [-0.1, -0.05) is 6.92 Å². The van der Waals surface area contributed by atoms with Crippen molar-refractivity contribution >= 4 is 5.91 Å². The number of aliphatic hydroxyl groups excluding tert-OH is 1. The van der Waals surface area contributed by atoms with Gasteiger partial charge < -0.3 is 15.0 Å². The van der Waals surface area contributed by atoms with Crippen molar-refractivity contribution < 1.29 is 9.90 Å². The minimum absolute atomic E-state index is 0.215. The number of hydrogen-bond acceptors (Lipinski definition) is 4. The minimum atomic E-state index is 0.215. The molecule has 6 nitrogen and oxygen atoms in total. The summed E-state index contributed by atoms with van der Waals surface area (Å²) in [7, 11) is 0. The van der Waals surface area contributed by atoms with E-state index in [1.54, 1.807) is 0 Å². The molecule has 2 atom stereocenters. The summed E-state index contributed by atoms with van der Waals surface area (Å²) in [5, 5.41) is 8.99. The van der Waals surface area contributed by atoms with Gasteiger partial charge in [0.1, 0.15) is 5.82 Å². The van der Waals surface area contributed by atoms with Crippen LogP contribution in [0.4, 0.5) is 0 Å². The van der Waals surface area contributed by atoms with Crippen LogP contribution in [0.25, 0.3) is 0 Å². The lowest BCUT2D eigenvalue weighted by Gasteiger charge is -2.47. The third kappa shape index (κ3) is 4.23. The monoisotopic (exact) mass is 348 g/mol. The Morgan fingerprint density at radius 2 is 2.16 bits per heavy atom. The van der Waals surface area contributed by atoms with Crippen molar-refractivity contribution in [1.82, 2.24) is 19.8 Å². The van der Waals surface area contributed by atoms with Gasteiger partial charge in [0.05, 0.1) is 5.69 Å². The maximum atomic E-state index is 12.3. The molecule has 1 aromatic rings. The third-order valence-electron chi connectivity index (χ3n) is 5.78. The number of nitrogens with zero attached hydrogens (tertiary/aromatic N) is 3. The standard InChI is InChI=1S/C19H32N4O2/c1-3-18-20-14(2)16(21-18)13-22-10-8-17-15(12-22)6-7-19(25)23(17)9-4-5-11-24/h15,17,24H,3-13H2,1-2H3,(H,20,21). The summed E-state index contributed by atoms with van der Waals surface area (Å²) < 4.78 is 0. The summed E-state index contributed by atoms with van der Waals surface area (Å²) in [6.07, 6.45) is 5.37. The number of aryl methyl sites for hydroxylation is 2. The lowest BCUT2D eigenvalue weighted by atomic mass is 9.83. The number of aromatic amines is 1. The van der Waals surface area contributed by atoms with E-state index in [-0.39, 0.29) is 6.61 Å². The van der Waals surface area contributed by atoms with Crippen LogP contribution >= 0.6 is 0 Å². The summed E-state index contributed by atoms with van der Waals surface area (Å²) >= 11 is 0. The van der Waals surface area contributed by atoms with Crippen molar-refractivity contribution in [3.8, 4) is 0 Å². The highest BCUT2D eigenvalue weighted by Gasteiger charge is 2.39. The molecule has 0 radical (unpaired) electrons. The molecule has 0 aromatic carbocycles. The molecule has 0 saturated carbocycles.